The maximum absolute atomic E-state index is 11.5. The van der Waals surface area contributed by atoms with E-state index in [2.05, 4.69) is 9.97 Å². The Hall–Kier alpha value is -2.43. The van der Waals surface area contributed by atoms with Crippen LogP contribution in [0.25, 0.3) is 0 Å². The van der Waals surface area contributed by atoms with E-state index in [-0.39, 0.29) is 0 Å². The summed E-state index contributed by atoms with van der Waals surface area (Å²) >= 11 is 0. The molecule has 2 rings (SSSR count). The van der Waals surface area contributed by atoms with Crippen molar-refractivity contribution in [1.82, 2.24) is 9.97 Å². The number of nitrogens with zero attached hydrogens (tertiary/aromatic N) is 2. The van der Waals surface area contributed by atoms with Crippen LogP contribution in [0, 0.1) is 6.92 Å². The van der Waals surface area contributed by atoms with Crippen LogP contribution in [0.15, 0.2) is 30.7 Å². The summed E-state index contributed by atoms with van der Waals surface area (Å²) in [6, 6.07) is 5.36. The molecule has 0 unspecified atom stereocenters. The van der Waals surface area contributed by atoms with Gasteiger partial charge in [-0.15, -0.1) is 0 Å². The Bertz CT molecular complexity index is 600. The quantitative estimate of drug-likeness (QED) is 0.780. The van der Waals surface area contributed by atoms with Gasteiger partial charge in [0.2, 0.25) is 0 Å². The monoisotopic (exact) mass is 272 g/mol. The highest BCUT2D eigenvalue weighted by Crippen LogP contribution is 2.35. The third-order valence-electron chi connectivity index (χ3n) is 3.15. The molecule has 0 N–H and O–H groups in total. The highest BCUT2D eigenvalue weighted by molar-refractivity contribution is 5.71. The van der Waals surface area contributed by atoms with Crippen molar-refractivity contribution in [3.8, 4) is 11.5 Å². The molecular weight excluding hydrogens is 256 g/mol. The summed E-state index contributed by atoms with van der Waals surface area (Å²) in [6.45, 7) is 1.91. The number of carbonyl (C=O) groups is 1. The van der Waals surface area contributed by atoms with Crippen molar-refractivity contribution in [2.24, 2.45) is 0 Å². The van der Waals surface area contributed by atoms with Crippen LogP contribution in [-0.2, 0) is 4.79 Å². The average molecular weight is 272 g/mol. The average Bonchev–Trinajstić information content (AvgIpc) is 2.50. The van der Waals surface area contributed by atoms with Crippen LogP contribution >= 0.6 is 0 Å². The lowest BCUT2D eigenvalue weighted by Gasteiger charge is -2.18. The van der Waals surface area contributed by atoms with E-state index in [1.807, 2.05) is 13.0 Å². The third-order valence-corrected chi connectivity index (χ3v) is 3.15. The van der Waals surface area contributed by atoms with E-state index in [0.29, 0.717) is 17.2 Å². The number of rotatable bonds is 5. The highest BCUT2D eigenvalue weighted by Gasteiger charge is 2.22. The van der Waals surface area contributed by atoms with Crippen molar-refractivity contribution < 1.29 is 14.3 Å². The van der Waals surface area contributed by atoms with E-state index in [4.69, 9.17) is 9.47 Å². The van der Waals surface area contributed by atoms with E-state index in [1.54, 1.807) is 32.5 Å². The summed E-state index contributed by atoms with van der Waals surface area (Å²) in [6.07, 6.45) is 3.90. The number of ether oxygens (including phenoxy) is 2. The molecule has 1 aromatic heterocycles. The summed E-state index contributed by atoms with van der Waals surface area (Å²) < 4.78 is 10.6. The second-order valence-corrected chi connectivity index (χ2v) is 4.31. The topological polar surface area (TPSA) is 61.3 Å². The van der Waals surface area contributed by atoms with Crippen molar-refractivity contribution in [1.29, 1.82) is 0 Å². The van der Waals surface area contributed by atoms with Gasteiger partial charge in [0.25, 0.3) is 0 Å². The standard InChI is InChI=1S/C15H16N2O3/c1-10-6-11(19-2)7-14(20-3)15(10)12(8-18)13-4-5-16-9-17-13/h4-9,12H,1-3H3/t12-/m1/s1. The van der Waals surface area contributed by atoms with E-state index in [1.165, 1.54) is 6.33 Å². The summed E-state index contributed by atoms with van der Waals surface area (Å²) in [5, 5.41) is 0. The number of aryl methyl sites for hydroxylation is 1. The van der Waals surface area contributed by atoms with Gasteiger partial charge >= 0.3 is 0 Å². The number of aldehydes is 1. The minimum absolute atomic E-state index is 0.487. The fraction of sp³-hybridized carbons (Fsp3) is 0.267. The van der Waals surface area contributed by atoms with Crippen molar-refractivity contribution in [2.45, 2.75) is 12.8 Å². The molecule has 0 saturated carbocycles. The number of hydrogen-bond donors (Lipinski definition) is 0. The second-order valence-electron chi connectivity index (χ2n) is 4.31. The zero-order chi connectivity index (χ0) is 14.5. The van der Waals surface area contributed by atoms with Crippen LogP contribution in [-0.4, -0.2) is 30.5 Å². The van der Waals surface area contributed by atoms with Gasteiger partial charge in [0.1, 0.15) is 24.1 Å². The molecule has 20 heavy (non-hydrogen) atoms. The molecule has 0 radical (unpaired) electrons. The molecule has 5 nitrogen and oxygen atoms in total. The van der Waals surface area contributed by atoms with Crippen molar-refractivity contribution in [3.63, 3.8) is 0 Å². The fourth-order valence-corrected chi connectivity index (χ4v) is 2.19. The van der Waals surface area contributed by atoms with Gasteiger partial charge in [0.15, 0.2) is 0 Å². The van der Waals surface area contributed by atoms with Gasteiger partial charge < -0.3 is 14.3 Å². The fourth-order valence-electron chi connectivity index (χ4n) is 2.19. The van der Waals surface area contributed by atoms with Crippen LogP contribution in [0.1, 0.15) is 22.7 Å². The highest BCUT2D eigenvalue weighted by atomic mass is 16.5. The number of hydrogen-bond acceptors (Lipinski definition) is 5. The smallest absolute Gasteiger partial charge is 0.133 e. The molecule has 0 aliphatic rings. The lowest BCUT2D eigenvalue weighted by molar-refractivity contribution is -0.108. The van der Waals surface area contributed by atoms with Crippen LogP contribution in [0.2, 0.25) is 0 Å². The van der Waals surface area contributed by atoms with E-state index in [9.17, 15) is 4.79 Å². The molecule has 0 aliphatic heterocycles. The first-order valence-electron chi connectivity index (χ1n) is 6.15. The molecule has 0 amide bonds. The normalized spacial score (nSPS) is 11.8. The van der Waals surface area contributed by atoms with Gasteiger partial charge in [-0.3, -0.25) is 0 Å². The molecule has 1 atom stereocenters. The number of benzene rings is 1. The van der Waals surface area contributed by atoms with Crippen LogP contribution in [0.4, 0.5) is 0 Å². The summed E-state index contributed by atoms with van der Waals surface area (Å²) in [5.74, 6) is 0.812. The lowest BCUT2D eigenvalue weighted by atomic mass is 9.92. The molecule has 0 aliphatic carbocycles. The van der Waals surface area contributed by atoms with Crippen LogP contribution in [0.3, 0.4) is 0 Å². The molecule has 1 aromatic carbocycles. The Balaban J connectivity index is 2.57. The summed E-state index contributed by atoms with van der Waals surface area (Å²) in [4.78, 5) is 19.6. The Labute approximate surface area is 117 Å². The number of carbonyl (C=O) groups excluding carboxylic acids is 1. The summed E-state index contributed by atoms with van der Waals surface area (Å²) in [5.41, 5.74) is 2.35. The van der Waals surface area contributed by atoms with Gasteiger partial charge in [0.05, 0.1) is 25.8 Å². The largest absolute Gasteiger partial charge is 0.497 e. The molecule has 0 bridgehead atoms. The van der Waals surface area contributed by atoms with Crippen molar-refractivity contribution in [2.75, 3.05) is 14.2 Å². The van der Waals surface area contributed by atoms with Crippen LogP contribution in [0.5, 0.6) is 11.5 Å². The maximum Gasteiger partial charge on any atom is 0.133 e. The van der Waals surface area contributed by atoms with Gasteiger partial charge in [-0.2, -0.15) is 0 Å². The Morgan fingerprint density at radius 3 is 2.60 bits per heavy atom. The van der Waals surface area contributed by atoms with Crippen LogP contribution < -0.4 is 9.47 Å². The van der Waals surface area contributed by atoms with Gasteiger partial charge in [-0.25, -0.2) is 9.97 Å². The zero-order valence-corrected chi connectivity index (χ0v) is 11.7. The maximum atomic E-state index is 11.5. The molecule has 0 spiro atoms. The third kappa shape index (κ3) is 2.61. The minimum Gasteiger partial charge on any atom is -0.497 e. The van der Waals surface area contributed by atoms with Gasteiger partial charge in [0, 0.05) is 17.8 Å². The van der Waals surface area contributed by atoms with E-state index in [0.717, 1.165) is 17.4 Å². The first kappa shape index (κ1) is 14.0. The van der Waals surface area contributed by atoms with Gasteiger partial charge in [-0.1, -0.05) is 0 Å². The van der Waals surface area contributed by atoms with Crippen molar-refractivity contribution in [3.05, 3.63) is 47.5 Å². The number of aromatic nitrogens is 2. The predicted molar refractivity (Wildman–Crippen MR) is 74.2 cm³/mol. The summed E-state index contributed by atoms with van der Waals surface area (Å²) in [7, 11) is 3.16. The Kier molecular flexibility index (Phi) is 4.30. The Morgan fingerprint density at radius 2 is 2.05 bits per heavy atom. The lowest BCUT2D eigenvalue weighted by Crippen LogP contribution is -2.09. The molecule has 2 aromatic rings. The predicted octanol–water partition coefficient (Wildman–Crippen LogP) is 2.13. The number of methoxy groups -OCH3 is 2. The second kappa shape index (κ2) is 6.14. The SMILES string of the molecule is COc1cc(C)c([C@H](C=O)c2ccncn2)c(OC)c1. The Morgan fingerprint density at radius 1 is 1.25 bits per heavy atom. The minimum atomic E-state index is -0.487. The van der Waals surface area contributed by atoms with Gasteiger partial charge in [-0.05, 0) is 24.6 Å². The first-order valence-corrected chi connectivity index (χ1v) is 6.15. The first-order chi connectivity index (χ1) is 9.71. The van der Waals surface area contributed by atoms with E-state index < -0.39 is 5.92 Å². The molecular formula is C15H16N2O3. The molecule has 5 heteroatoms. The van der Waals surface area contributed by atoms with Crippen molar-refractivity contribution >= 4 is 6.29 Å². The molecule has 104 valence electrons. The molecule has 1 heterocycles. The van der Waals surface area contributed by atoms with E-state index >= 15 is 0 Å². The zero-order valence-electron chi connectivity index (χ0n) is 11.7. The molecule has 0 saturated heterocycles. The molecule has 0 fully saturated rings.